The summed E-state index contributed by atoms with van der Waals surface area (Å²) in [7, 11) is 0. The highest BCUT2D eigenvalue weighted by atomic mass is 32.2. The lowest BCUT2D eigenvalue weighted by molar-refractivity contribution is -0.115. The van der Waals surface area contributed by atoms with Gasteiger partial charge in [-0.1, -0.05) is 61.2 Å². The van der Waals surface area contributed by atoms with Crippen LogP contribution < -0.4 is 10.1 Å². The molecule has 1 amide bonds. The Morgan fingerprint density at radius 3 is 2.64 bits per heavy atom. The van der Waals surface area contributed by atoms with Crippen molar-refractivity contribution in [1.82, 2.24) is 9.55 Å². The SMILES string of the molecule is CCCn1ccnc1SC(C(=O)Nc1ccccc1OCC)c1ccccc1. The molecule has 0 aliphatic heterocycles. The summed E-state index contributed by atoms with van der Waals surface area (Å²) in [5.74, 6) is 0.567. The molecular formula is C22H25N3O2S. The molecule has 146 valence electrons. The summed E-state index contributed by atoms with van der Waals surface area (Å²) < 4.78 is 7.73. The topological polar surface area (TPSA) is 56.2 Å². The van der Waals surface area contributed by atoms with E-state index in [-0.39, 0.29) is 5.91 Å². The molecular weight excluding hydrogens is 370 g/mol. The van der Waals surface area contributed by atoms with Crippen LogP contribution in [-0.4, -0.2) is 22.1 Å². The molecule has 0 spiro atoms. The smallest absolute Gasteiger partial charge is 0.242 e. The Labute approximate surface area is 170 Å². The molecule has 0 aliphatic carbocycles. The average Bonchev–Trinajstić information content (AvgIpc) is 3.15. The second kappa shape index (κ2) is 9.99. The molecule has 6 heteroatoms. The maximum absolute atomic E-state index is 13.2. The van der Waals surface area contributed by atoms with Gasteiger partial charge in [-0.3, -0.25) is 4.79 Å². The first-order valence-electron chi connectivity index (χ1n) is 9.48. The normalized spacial score (nSPS) is 11.8. The van der Waals surface area contributed by atoms with E-state index in [0.717, 1.165) is 23.7 Å². The molecule has 0 bridgehead atoms. The van der Waals surface area contributed by atoms with E-state index in [2.05, 4.69) is 21.8 Å². The Morgan fingerprint density at radius 1 is 1.14 bits per heavy atom. The molecule has 0 radical (unpaired) electrons. The summed E-state index contributed by atoms with van der Waals surface area (Å²) in [5.41, 5.74) is 1.61. The van der Waals surface area contributed by atoms with Gasteiger partial charge in [0.2, 0.25) is 5.91 Å². The van der Waals surface area contributed by atoms with Crippen molar-refractivity contribution in [2.75, 3.05) is 11.9 Å². The lowest BCUT2D eigenvalue weighted by Gasteiger charge is -2.18. The first-order chi connectivity index (χ1) is 13.7. The first-order valence-corrected chi connectivity index (χ1v) is 10.4. The largest absolute Gasteiger partial charge is 0.492 e. The van der Waals surface area contributed by atoms with Crippen molar-refractivity contribution in [1.29, 1.82) is 0 Å². The van der Waals surface area contributed by atoms with E-state index < -0.39 is 5.25 Å². The predicted octanol–water partition coefficient (Wildman–Crippen LogP) is 5.16. The third-order valence-corrected chi connectivity index (χ3v) is 5.42. The number of ether oxygens (including phenoxy) is 1. The maximum Gasteiger partial charge on any atom is 0.242 e. The van der Waals surface area contributed by atoms with E-state index in [1.165, 1.54) is 11.8 Å². The number of hydrogen-bond donors (Lipinski definition) is 1. The molecule has 0 saturated carbocycles. The van der Waals surface area contributed by atoms with Crippen LogP contribution in [0, 0.1) is 0 Å². The number of carbonyl (C=O) groups is 1. The minimum Gasteiger partial charge on any atom is -0.492 e. The number of amides is 1. The fraction of sp³-hybridized carbons (Fsp3) is 0.273. The molecule has 1 aromatic heterocycles. The van der Waals surface area contributed by atoms with Gasteiger partial charge in [-0.15, -0.1) is 0 Å². The summed E-state index contributed by atoms with van der Waals surface area (Å²) in [6, 6.07) is 17.3. The quantitative estimate of drug-likeness (QED) is 0.508. The molecule has 0 saturated heterocycles. The van der Waals surface area contributed by atoms with Crippen molar-refractivity contribution < 1.29 is 9.53 Å². The minimum absolute atomic E-state index is 0.102. The lowest BCUT2D eigenvalue weighted by Crippen LogP contribution is -2.20. The van der Waals surface area contributed by atoms with Gasteiger partial charge in [-0.05, 0) is 31.0 Å². The monoisotopic (exact) mass is 395 g/mol. The van der Waals surface area contributed by atoms with Crippen LogP contribution in [0.15, 0.2) is 72.1 Å². The zero-order valence-corrected chi connectivity index (χ0v) is 17.0. The van der Waals surface area contributed by atoms with Crippen LogP contribution >= 0.6 is 11.8 Å². The number of rotatable bonds is 9. The molecule has 1 atom stereocenters. The molecule has 0 aliphatic rings. The van der Waals surface area contributed by atoms with Crippen LogP contribution in [-0.2, 0) is 11.3 Å². The third-order valence-electron chi connectivity index (χ3n) is 4.15. The van der Waals surface area contributed by atoms with Crippen LogP contribution in [0.2, 0.25) is 0 Å². The molecule has 1 N–H and O–H groups in total. The number of benzene rings is 2. The highest BCUT2D eigenvalue weighted by molar-refractivity contribution is 8.00. The lowest BCUT2D eigenvalue weighted by atomic mass is 10.1. The Hall–Kier alpha value is -2.73. The van der Waals surface area contributed by atoms with Crippen molar-refractivity contribution in [3.63, 3.8) is 0 Å². The highest BCUT2D eigenvalue weighted by Gasteiger charge is 2.25. The van der Waals surface area contributed by atoms with E-state index in [4.69, 9.17) is 4.74 Å². The predicted molar refractivity (Wildman–Crippen MR) is 114 cm³/mol. The van der Waals surface area contributed by atoms with E-state index in [1.807, 2.05) is 67.7 Å². The number of carbonyl (C=O) groups excluding carboxylic acids is 1. The summed E-state index contributed by atoms with van der Waals surface area (Å²) in [6.45, 7) is 5.46. The van der Waals surface area contributed by atoms with Gasteiger partial charge in [0.25, 0.3) is 0 Å². The zero-order valence-electron chi connectivity index (χ0n) is 16.2. The molecule has 3 rings (SSSR count). The number of nitrogens with zero attached hydrogens (tertiary/aromatic N) is 2. The number of hydrogen-bond acceptors (Lipinski definition) is 4. The number of aromatic nitrogens is 2. The molecule has 1 unspecified atom stereocenters. The van der Waals surface area contributed by atoms with Crippen molar-refractivity contribution in [3.8, 4) is 5.75 Å². The number of thioether (sulfide) groups is 1. The Morgan fingerprint density at radius 2 is 1.89 bits per heavy atom. The van der Waals surface area contributed by atoms with Gasteiger partial charge < -0.3 is 14.6 Å². The fourth-order valence-electron chi connectivity index (χ4n) is 2.88. The zero-order chi connectivity index (χ0) is 19.8. The Kier molecular flexibility index (Phi) is 7.14. The number of nitrogens with one attached hydrogen (secondary N) is 1. The second-order valence-corrected chi connectivity index (χ2v) is 7.30. The van der Waals surface area contributed by atoms with E-state index in [1.54, 1.807) is 6.20 Å². The summed E-state index contributed by atoms with van der Waals surface area (Å²) in [6.07, 6.45) is 4.74. The standard InChI is InChI=1S/C22H25N3O2S/c1-3-15-25-16-14-23-22(25)28-20(17-10-6-5-7-11-17)21(26)24-18-12-8-9-13-19(18)27-4-2/h5-14,16,20H,3-4,15H2,1-2H3,(H,24,26). The van der Waals surface area contributed by atoms with Crippen molar-refractivity contribution in [3.05, 3.63) is 72.6 Å². The van der Waals surface area contributed by atoms with Gasteiger partial charge >= 0.3 is 0 Å². The van der Waals surface area contributed by atoms with Gasteiger partial charge in [0.1, 0.15) is 11.0 Å². The summed E-state index contributed by atoms with van der Waals surface area (Å²) >= 11 is 1.46. The fourth-order valence-corrected chi connectivity index (χ4v) is 3.96. The van der Waals surface area contributed by atoms with Gasteiger partial charge in [-0.2, -0.15) is 0 Å². The van der Waals surface area contributed by atoms with Gasteiger partial charge in [0.05, 0.1) is 12.3 Å². The second-order valence-electron chi connectivity index (χ2n) is 6.23. The van der Waals surface area contributed by atoms with Crippen LogP contribution in [0.25, 0.3) is 0 Å². The Balaban J connectivity index is 1.87. The molecule has 3 aromatic rings. The molecule has 2 aromatic carbocycles. The van der Waals surface area contributed by atoms with Gasteiger partial charge in [0.15, 0.2) is 5.16 Å². The molecule has 1 heterocycles. The van der Waals surface area contributed by atoms with Crippen LogP contribution in [0.4, 0.5) is 5.69 Å². The van der Waals surface area contributed by atoms with Crippen molar-refractivity contribution >= 4 is 23.4 Å². The third kappa shape index (κ3) is 4.95. The number of aryl methyl sites for hydroxylation is 1. The van der Waals surface area contributed by atoms with Crippen LogP contribution in [0.1, 0.15) is 31.1 Å². The summed E-state index contributed by atoms with van der Waals surface area (Å²) in [5, 5.41) is 3.45. The first kappa shape index (κ1) is 20.0. The minimum atomic E-state index is -0.422. The molecule has 5 nitrogen and oxygen atoms in total. The van der Waals surface area contributed by atoms with Crippen molar-refractivity contribution in [2.45, 2.75) is 37.2 Å². The average molecular weight is 396 g/mol. The van der Waals surface area contributed by atoms with E-state index in [0.29, 0.717) is 18.0 Å². The molecule has 28 heavy (non-hydrogen) atoms. The van der Waals surface area contributed by atoms with Gasteiger partial charge in [-0.25, -0.2) is 4.98 Å². The number of imidazole rings is 1. The Bertz CT molecular complexity index is 896. The molecule has 0 fully saturated rings. The van der Waals surface area contributed by atoms with Crippen LogP contribution in [0.5, 0.6) is 5.75 Å². The highest BCUT2D eigenvalue weighted by Crippen LogP contribution is 2.36. The van der Waals surface area contributed by atoms with Gasteiger partial charge in [0, 0.05) is 18.9 Å². The van der Waals surface area contributed by atoms with E-state index in [9.17, 15) is 4.79 Å². The van der Waals surface area contributed by atoms with Crippen molar-refractivity contribution in [2.24, 2.45) is 0 Å². The van der Waals surface area contributed by atoms with Crippen LogP contribution in [0.3, 0.4) is 0 Å². The number of anilines is 1. The summed E-state index contributed by atoms with van der Waals surface area (Å²) in [4.78, 5) is 17.7. The maximum atomic E-state index is 13.2. The van der Waals surface area contributed by atoms with E-state index >= 15 is 0 Å². The number of para-hydroxylation sites is 2.